The van der Waals surface area contributed by atoms with Crippen LogP contribution in [-0.2, 0) is 19.2 Å². The highest BCUT2D eigenvalue weighted by atomic mass is 35.5. The third-order valence-electron chi connectivity index (χ3n) is 23.9. The van der Waals surface area contributed by atoms with Gasteiger partial charge in [-0.2, -0.15) is 0 Å². The highest BCUT2D eigenvalue weighted by molar-refractivity contribution is 6.43. The zero-order chi connectivity index (χ0) is 97.0. The van der Waals surface area contributed by atoms with Crippen molar-refractivity contribution in [2.75, 3.05) is 91.2 Å². The Morgan fingerprint density at radius 3 is 0.721 bits per heavy atom. The van der Waals surface area contributed by atoms with Crippen LogP contribution in [0.2, 0.25) is 40.2 Å². The molecule has 8 atom stereocenters. The number of hydrogen-bond acceptors (Lipinski definition) is 25. The Labute approximate surface area is 827 Å². The van der Waals surface area contributed by atoms with E-state index in [9.17, 15) is 19.2 Å². The summed E-state index contributed by atoms with van der Waals surface area (Å²) < 4.78 is 43.1. The average molecular weight is 2010 g/mol. The van der Waals surface area contributed by atoms with Crippen molar-refractivity contribution >= 4 is 184 Å². The smallest absolute Gasteiger partial charge is 0.243 e. The van der Waals surface area contributed by atoms with Crippen LogP contribution >= 0.6 is 92.8 Å². The molecule has 8 aromatic carbocycles. The summed E-state index contributed by atoms with van der Waals surface area (Å²) in [6, 6.07) is 29.6. The Kier molecular flexibility index (Phi) is 35.4. The molecule has 4 aromatic heterocycles. The van der Waals surface area contributed by atoms with Gasteiger partial charge in [-0.1, -0.05) is 182 Å². The van der Waals surface area contributed by atoms with Gasteiger partial charge in [0, 0.05) is 136 Å². The highest BCUT2D eigenvalue weighted by Gasteiger charge is 2.33. The molecule has 0 radical (unpaired) electrons. The van der Waals surface area contributed by atoms with Gasteiger partial charge in [0.25, 0.3) is 0 Å². The van der Waals surface area contributed by atoms with Gasteiger partial charge >= 0.3 is 0 Å². The van der Waals surface area contributed by atoms with Crippen molar-refractivity contribution in [2.24, 2.45) is 0 Å². The predicted octanol–water partition coefficient (Wildman–Crippen LogP) is 21.0. The van der Waals surface area contributed by atoms with Crippen molar-refractivity contribution in [2.45, 2.75) is 132 Å². The van der Waals surface area contributed by atoms with Crippen molar-refractivity contribution in [3.8, 4) is 90.5 Å². The summed E-state index contributed by atoms with van der Waals surface area (Å²) in [5.41, 5.74) is 8.69. The number of nitrogens with one attached hydrogen (secondary N) is 9. The number of piperidine rings is 1. The zero-order valence-corrected chi connectivity index (χ0v) is 82.0. The first-order valence-electron chi connectivity index (χ1n) is 43.8. The molecule has 4 aliphatic rings. The lowest BCUT2D eigenvalue weighted by Crippen LogP contribution is -2.55. The molecule has 1 saturated heterocycles. The number of aromatic nitrogens is 8. The average Bonchev–Trinajstić information content (AvgIpc) is 0.784. The summed E-state index contributed by atoms with van der Waals surface area (Å²) in [5.74, 6) is 5.09. The number of benzene rings is 8. The monoisotopic (exact) mass is 2000 g/mol. The van der Waals surface area contributed by atoms with E-state index in [0.29, 0.717) is 139 Å². The molecular formula is C99H103Cl8N17O12. The Morgan fingerprint density at radius 1 is 0.301 bits per heavy atom. The number of carbonyl (C=O) groups excluding carboxylic acids is 4. The Hall–Kier alpha value is -12.2. The van der Waals surface area contributed by atoms with Gasteiger partial charge in [-0.3, -0.25) is 19.2 Å². The number of halogens is 8. The molecule has 0 spiro atoms. The summed E-state index contributed by atoms with van der Waals surface area (Å²) in [6.45, 7) is 15.6. The van der Waals surface area contributed by atoms with E-state index in [2.05, 4.69) is 114 Å². The minimum absolute atomic E-state index is 0.00764. The predicted molar refractivity (Wildman–Crippen MR) is 543 cm³/mol. The Bertz CT molecular complexity index is 5590. The standard InChI is InChI=1S/3C25H26Cl2N4O3.C24H25Cl2N5O3/c3*1-4-21(32)29-17-7-5-6-8-18(17)31-25-28-13-15-11-14(9-10-16(15)30-25)22-23(26)19(33-2)12-20(34-3)24(22)27;1-4-20(32)29-16-7-8-27-12-17(16)31-24-28-11-14-9-13(5-6-15(14)30-24)21-22(25)18(33-2)10-19(34-3)23(21)26/h3*4,9-13,17-18H,1,5-8H2,2-3H3,(H,29,32)(H,28,30,31);4-6,9-11,16-17,27H,1,7-8,12H2,2-3H3,(H,29,32)(H,28,30,31)/t17-,18+;2*17-,18-;16-,17+/m0101/s1. The van der Waals surface area contributed by atoms with Crippen molar-refractivity contribution in [3.63, 3.8) is 0 Å². The van der Waals surface area contributed by atoms with Crippen LogP contribution < -0.4 is 85.7 Å². The summed E-state index contributed by atoms with van der Waals surface area (Å²) >= 11 is 52.6. The molecule has 12 aromatic rings. The van der Waals surface area contributed by atoms with Gasteiger partial charge in [-0.25, -0.2) is 39.9 Å². The van der Waals surface area contributed by atoms with Gasteiger partial charge in [0.1, 0.15) is 46.0 Å². The summed E-state index contributed by atoms with van der Waals surface area (Å²) in [5, 5.41) is 35.4. The fourth-order valence-electron chi connectivity index (χ4n) is 16.8. The molecule has 9 N–H and O–H groups in total. The Balaban J connectivity index is 0.000000153. The van der Waals surface area contributed by atoms with Crippen LogP contribution in [0.3, 0.4) is 0 Å². The van der Waals surface area contributed by atoms with E-state index in [1.54, 1.807) is 91.7 Å². The molecule has 16 rings (SSSR count). The molecule has 4 amide bonds. The maximum Gasteiger partial charge on any atom is 0.243 e. The number of carbonyl (C=O) groups is 4. The van der Waals surface area contributed by atoms with Crippen LogP contribution in [0.25, 0.3) is 88.1 Å². The van der Waals surface area contributed by atoms with E-state index in [1.165, 1.54) is 38.5 Å². The molecule has 1 aliphatic heterocycles. The van der Waals surface area contributed by atoms with Crippen molar-refractivity contribution < 1.29 is 57.1 Å². The van der Waals surface area contributed by atoms with E-state index < -0.39 is 0 Å². The number of hydrogen-bond donors (Lipinski definition) is 9. The molecule has 37 heteroatoms. The van der Waals surface area contributed by atoms with Crippen molar-refractivity contribution in [1.29, 1.82) is 0 Å². The highest BCUT2D eigenvalue weighted by Crippen LogP contribution is 2.51. The molecule has 0 bridgehead atoms. The summed E-state index contributed by atoms with van der Waals surface area (Å²) in [6.07, 6.45) is 24.9. The number of methoxy groups -OCH3 is 8. The van der Waals surface area contributed by atoms with Crippen LogP contribution in [0.1, 0.15) is 83.5 Å². The van der Waals surface area contributed by atoms with Gasteiger partial charge in [0.05, 0.1) is 131 Å². The lowest BCUT2D eigenvalue weighted by atomic mass is 9.90. The van der Waals surface area contributed by atoms with E-state index in [-0.39, 0.29) is 72.0 Å². The largest absolute Gasteiger partial charge is 0.495 e. The summed E-state index contributed by atoms with van der Waals surface area (Å²) in [7, 11) is 12.3. The molecule has 4 fully saturated rings. The minimum atomic E-state index is -0.197. The number of rotatable bonds is 28. The quantitative estimate of drug-likeness (QED) is 0.0206. The van der Waals surface area contributed by atoms with E-state index in [0.717, 1.165) is 156 Å². The molecule has 712 valence electrons. The van der Waals surface area contributed by atoms with Crippen LogP contribution in [0.15, 0.2) is 172 Å². The van der Waals surface area contributed by atoms with Crippen LogP contribution in [0.5, 0.6) is 46.0 Å². The number of fused-ring (bicyclic) bond motifs is 4. The zero-order valence-electron chi connectivity index (χ0n) is 75.9. The van der Waals surface area contributed by atoms with Crippen molar-refractivity contribution in [3.05, 3.63) is 213 Å². The fraction of sp³-hybridized carbons (Fsp3) is 0.313. The topological polar surface area (TPSA) is 354 Å². The molecular weight excluding hydrogens is 1900 g/mol. The number of nitrogens with zero attached hydrogens (tertiary/aromatic N) is 8. The SMILES string of the molecule is C=CC(=O)N[C@@H]1CCCC[C@H]1Nc1ncc2cc(-c3c(Cl)c(OC)cc(OC)c3Cl)ccc2n1.C=CC(=O)N[C@@H]1CCNC[C@@H]1Nc1ncc2cc(-c3c(Cl)c(OC)cc(OC)c3Cl)ccc2n1.C=CC(=O)N[C@H]1CCCC[C@@H]1Nc1ncc2cc(-c3c(Cl)c(OC)cc(OC)c3Cl)ccc2n1.C=CC(=O)N[C@H]1CCCC[C@H]1Nc1ncc2cc(-c3c(Cl)c(OC)cc(OC)c3Cl)ccc2n1. The van der Waals surface area contributed by atoms with E-state index >= 15 is 0 Å². The number of amides is 4. The third kappa shape index (κ3) is 24.1. The van der Waals surface area contributed by atoms with Crippen molar-refractivity contribution in [1.82, 2.24) is 66.5 Å². The van der Waals surface area contributed by atoms with Crippen LogP contribution in [-0.4, -0.2) is 182 Å². The number of ether oxygens (including phenoxy) is 8. The molecule has 3 aliphatic carbocycles. The summed E-state index contributed by atoms with van der Waals surface area (Å²) in [4.78, 5) is 83.9. The molecule has 29 nitrogen and oxygen atoms in total. The number of anilines is 4. The van der Waals surface area contributed by atoms with Gasteiger partial charge in [0.15, 0.2) is 0 Å². The third-order valence-corrected chi connectivity index (χ3v) is 26.9. The normalized spacial score (nSPS) is 17.8. The molecule has 3 saturated carbocycles. The van der Waals surface area contributed by atoms with Crippen LogP contribution in [0.4, 0.5) is 23.8 Å². The van der Waals surface area contributed by atoms with Gasteiger partial charge in [-0.15, -0.1) is 0 Å². The van der Waals surface area contributed by atoms with E-state index in [4.69, 9.17) is 131 Å². The maximum absolute atomic E-state index is 11.8. The maximum atomic E-state index is 11.8. The first-order chi connectivity index (χ1) is 65.8. The van der Waals surface area contributed by atoms with Crippen LogP contribution in [0, 0.1) is 0 Å². The second kappa shape index (κ2) is 47.5. The van der Waals surface area contributed by atoms with Gasteiger partial charge in [0.2, 0.25) is 47.4 Å². The lowest BCUT2D eigenvalue weighted by molar-refractivity contribution is -0.118. The van der Waals surface area contributed by atoms with E-state index in [1.807, 2.05) is 72.8 Å². The second-order valence-corrected chi connectivity index (χ2v) is 35.2. The Morgan fingerprint density at radius 2 is 0.507 bits per heavy atom. The first-order valence-corrected chi connectivity index (χ1v) is 46.8. The first kappa shape index (κ1) is 101. The molecule has 136 heavy (non-hydrogen) atoms. The molecule has 0 unspecified atom stereocenters. The van der Waals surface area contributed by atoms with Gasteiger partial charge < -0.3 is 85.7 Å². The fourth-order valence-corrected chi connectivity index (χ4v) is 19.7. The second-order valence-electron chi connectivity index (χ2n) is 32.1. The molecule has 5 heterocycles. The lowest BCUT2D eigenvalue weighted by Gasteiger charge is -2.33. The van der Waals surface area contributed by atoms with Gasteiger partial charge in [-0.05, 0) is 147 Å². The minimum Gasteiger partial charge on any atom is -0.495 e.